The molecular formula is C21H26F2N2O3. The molecule has 0 heterocycles. The van der Waals surface area contributed by atoms with Crippen LogP contribution in [0.25, 0.3) is 0 Å². The molecule has 5 nitrogen and oxygen atoms in total. The van der Waals surface area contributed by atoms with Crippen LogP contribution in [-0.4, -0.2) is 31.7 Å². The lowest BCUT2D eigenvalue weighted by atomic mass is 10.1. The van der Waals surface area contributed by atoms with Crippen LogP contribution in [-0.2, 0) is 6.54 Å². The van der Waals surface area contributed by atoms with E-state index in [1.165, 1.54) is 11.9 Å². The van der Waals surface area contributed by atoms with Gasteiger partial charge in [-0.15, -0.1) is 0 Å². The molecule has 0 aliphatic heterocycles. The van der Waals surface area contributed by atoms with Crippen molar-refractivity contribution in [3.63, 3.8) is 0 Å². The number of hydrogen-bond donors (Lipinski definition) is 1. The first-order valence-electron chi connectivity index (χ1n) is 9.12. The normalized spacial score (nSPS) is 11.6. The highest BCUT2D eigenvalue weighted by Gasteiger charge is 2.20. The Hall–Kier alpha value is -2.83. The number of nitrogens with zero attached hydrogens (tertiary/aromatic N) is 1. The molecule has 0 bridgehead atoms. The number of benzene rings is 2. The first-order valence-corrected chi connectivity index (χ1v) is 9.12. The number of urea groups is 1. The first kappa shape index (κ1) is 21.5. The third-order valence-electron chi connectivity index (χ3n) is 4.44. The van der Waals surface area contributed by atoms with Gasteiger partial charge in [0, 0.05) is 19.2 Å². The molecule has 7 heteroatoms. The lowest BCUT2D eigenvalue weighted by Gasteiger charge is -2.26. The van der Waals surface area contributed by atoms with Crippen molar-refractivity contribution >= 4 is 6.03 Å². The van der Waals surface area contributed by atoms with Crippen LogP contribution in [0, 0.1) is 11.6 Å². The fraction of sp³-hybridized carbons (Fsp3) is 0.381. The van der Waals surface area contributed by atoms with Gasteiger partial charge in [-0.05, 0) is 49.2 Å². The average molecular weight is 392 g/mol. The number of amides is 2. The highest BCUT2D eigenvalue weighted by Crippen LogP contribution is 2.28. The maximum atomic E-state index is 14.0. The Morgan fingerprint density at radius 3 is 2.61 bits per heavy atom. The third-order valence-corrected chi connectivity index (χ3v) is 4.44. The number of methoxy groups -OCH3 is 1. The van der Waals surface area contributed by atoms with Gasteiger partial charge in [-0.2, -0.15) is 0 Å². The van der Waals surface area contributed by atoms with Crippen LogP contribution in [0.2, 0.25) is 0 Å². The smallest absolute Gasteiger partial charge is 0.317 e. The van der Waals surface area contributed by atoms with E-state index in [2.05, 4.69) is 5.32 Å². The lowest BCUT2D eigenvalue weighted by Crippen LogP contribution is -2.38. The van der Waals surface area contributed by atoms with E-state index < -0.39 is 23.7 Å². The standard InChI is InChI=1S/C21H26F2N2O3/c1-5-10-28-19-9-6-15(11-20(19)27-4)13-24-21(26)25(3)14(2)17-12-16(22)7-8-18(17)23/h6-9,11-12,14H,5,10,13H2,1-4H3,(H,24,26). The van der Waals surface area contributed by atoms with Gasteiger partial charge in [-0.3, -0.25) is 0 Å². The average Bonchev–Trinajstić information content (AvgIpc) is 2.71. The van der Waals surface area contributed by atoms with Crippen LogP contribution in [0.3, 0.4) is 0 Å². The number of hydrogen-bond acceptors (Lipinski definition) is 3. The monoisotopic (exact) mass is 392 g/mol. The molecule has 152 valence electrons. The van der Waals surface area contributed by atoms with Crippen LogP contribution >= 0.6 is 0 Å². The maximum absolute atomic E-state index is 14.0. The second kappa shape index (κ2) is 9.92. The van der Waals surface area contributed by atoms with E-state index in [-0.39, 0.29) is 12.1 Å². The molecule has 0 radical (unpaired) electrons. The summed E-state index contributed by atoms with van der Waals surface area (Å²) in [4.78, 5) is 13.8. The van der Waals surface area contributed by atoms with Crippen LogP contribution in [0.5, 0.6) is 11.5 Å². The van der Waals surface area contributed by atoms with Gasteiger partial charge < -0.3 is 19.7 Å². The molecule has 2 aromatic carbocycles. The van der Waals surface area contributed by atoms with Gasteiger partial charge in [0.25, 0.3) is 0 Å². The minimum absolute atomic E-state index is 0.122. The van der Waals surface area contributed by atoms with Crippen molar-refractivity contribution in [1.82, 2.24) is 10.2 Å². The quantitative estimate of drug-likeness (QED) is 0.711. The summed E-state index contributed by atoms with van der Waals surface area (Å²) in [5, 5.41) is 2.77. The minimum atomic E-state index is -0.630. The van der Waals surface area contributed by atoms with Crippen molar-refractivity contribution in [3.05, 3.63) is 59.2 Å². The number of carbonyl (C=O) groups is 1. The molecule has 28 heavy (non-hydrogen) atoms. The zero-order valence-electron chi connectivity index (χ0n) is 16.6. The van der Waals surface area contributed by atoms with E-state index in [1.54, 1.807) is 26.2 Å². The number of rotatable bonds is 8. The molecule has 0 spiro atoms. The molecular weight excluding hydrogens is 366 g/mol. The predicted molar refractivity (Wildman–Crippen MR) is 104 cm³/mol. The highest BCUT2D eigenvalue weighted by atomic mass is 19.1. The molecule has 1 atom stereocenters. The second-order valence-electron chi connectivity index (χ2n) is 6.45. The fourth-order valence-electron chi connectivity index (χ4n) is 2.67. The molecule has 2 amide bonds. The summed E-state index contributed by atoms with van der Waals surface area (Å²) in [5.74, 6) is 0.131. The molecule has 1 N–H and O–H groups in total. The molecule has 1 unspecified atom stereocenters. The minimum Gasteiger partial charge on any atom is -0.493 e. The van der Waals surface area contributed by atoms with Crippen molar-refractivity contribution < 1.29 is 23.0 Å². The second-order valence-corrected chi connectivity index (χ2v) is 6.45. The van der Waals surface area contributed by atoms with E-state index in [0.29, 0.717) is 18.1 Å². The summed E-state index contributed by atoms with van der Waals surface area (Å²) in [6, 6.07) is 7.60. The molecule has 0 saturated carbocycles. The van der Waals surface area contributed by atoms with Crippen molar-refractivity contribution in [2.75, 3.05) is 20.8 Å². The van der Waals surface area contributed by atoms with Crippen molar-refractivity contribution in [1.29, 1.82) is 0 Å². The van der Waals surface area contributed by atoms with Crippen LogP contribution in [0.4, 0.5) is 13.6 Å². The third kappa shape index (κ3) is 5.34. The van der Waals surface area contributed by atoms with Crippen LogP contribution < -0.4 is 14.8 Å². The summed E-state index contributed by atoms with van der Waals surface area (Å²) in [7, 11) is 3.09. The summed E-state index contributed by atoms with van der Waals surface area (Å²) < 4.78 is 38.3. The maximum Gasteiger partial charge on any atom is 0.317 e. The van der Waals surface area contributed by atoms with Gasteiger partial charge in [-0.1, -0.05) is 13.0 Å². The molecule has 0 aromatic heterocycles. The first-order chi connectivity index (χ1) is 13.4. The summed E-state index contributed by atoms with van der Waals surface area (Å²) >= 11 is 0. The Balaban J connectivity index is 2.01. The molecule has 0 aliphatic carbocycles. The van der Waals surface area contributed by atoms with Gasteiger partial charge in [0.2, 0.25) is 0 Å². The van der Waals surface area contributed by atoms with Crippen LogP contribution in [0.1, 0.15) is 37.4 Å². The zero-order valence-corrected chi connectivity index (χ0v) is 16.6. The van der Waals surface area contributed by atoms with Crippen molar-refractivity contribution in [2.45, 2.75) is 32.9 Å². The topological polar surface area (TPSA) is 50.8 Å². The number of ether oxygens (including phenoxy) is 2. The number of carbonyl (C=O) groups excluding carboxylic acids is 1. The van der Waals surface area contributed by atoms with Gasteiger partial charge in [0.15, 0.2) is 11.5 Å². The highest BCUT2D eigenvalue weighted by molar-refractivity contribution is 5.74. The van der Waals surface area contributed by atoms with Crippen molar-refractivity contribution in [3.8, 4) is 11.5 Å². The largest absolute Gasteiger partial charge is 0.493 e. The Kier molecular flexibility index (Phi) is 7.61. The van der Waals surface area contributed by atoms with Crippen molar-refractivity contribution in [2.24, 2.45) is 0 Å². The molecule has 0 fully saturated rings. The zero-order chi connectivity index (χ0) is 20.7. The van der Waals surface area contributed by atoms with Gasteiger partial charge in [0.05, 0.1) is 19.8 Å². The van der Waals surface area contributed by atoms with Gasteiger partial charge >= 0.3 is 6.03 Å². The Labute approximate surface area is 164 Å². The number of halogens is 2. The fourth-order valence-corrected chi connectivity index (χ4v) is 2.67. The van der Waals surface area contributed by atoms with Crippen LogP contribution in [0.15, 0.2) is 36.4 Å². The molecule has 0 aliphatic rings. The lowest BCUT2D eigenvalue weighted by molar-refractivity contribution is 0.193. The summed E-state index contributed by atoms with van der Waals surface area (Å²) in [6.07, 6.45) is 0.886. The van der Waals surface area contributed by atoms with E-state index in [1.807, 2.05) is 13.0 Å². The van der Waals surface area contributed by atoms with E-state index in [4.69, 9.17) is 9.47 Å². The van der Waals surface area contributed by atoms with Gasteiger partial charge in [0.1, 0.15) is 11.6 Å². The Morgan fingerprint density at radius 1 is 1.18 bits per heavy atom. The van der Waals surface area contributed by atoms with E-state index in [9.17, 15) is 13.6 Å². The number of nitrogens with one attached hydrogen (secondary N) is 1. The Morgan fingerprint density at radius 2 is 1.93 bits per heavy atom. The summed E-state index contributed by atoms with van der Waals surface area (Å²) in [5.41, 5.74) is 0.948. The SMILES string of the molecule is CCCOc1ccc(CNC(=O)N(C)C(C)c2cc(F)ccc2F)cc1OC. The van der Waals surface area contributed by atoms with E-state index >= 15 is 0 Å². The van der Waals surface area contributed by atoms with Gasteiger partial charge in [-0.25, -0.2) is 13.6 Å². The predicted octanol–water partition coefficient (Wildman–Crippen LogP) is 4.66. The Bertz CT molecular complexity index is 814. The summed E-state index contributed by atoms with van der Waals surface area (Å²) in [6.45, 7) is 4.50. The van der Waals surface area contributed by atoms with E-state index in [0.717, 1.165) is 30.2 Å². The molecule has 2 aromatic rings. The molecule has 2 rings (SSSR count). The molecule has 0 saturated heterocycles.